The van der Waals surface area contributed by atoms with Crippen LogP contribution in [0.5, 0.6) is 0 Å². The Morgan fingerprint density at radius 2 is 2.47 bits per heavy atom. The third kappa shape index (κ3) is 3.00. The van der Waals surface area contributed by atoms with Gasteiger partial charge in [-0.1, -0.05) is 6.07 Å². The molecule has 5 nitrogen and oxygen atoms in total. The van der Waals surface area contributed by atoms with Gasteiger partial charge in [-0.05, 0) is 13.0 Å². The molecule has 0 fully saturated rings. The molecule has 0 aliphatic rings. The number of carbonyl (C=O) groups is 1. The van der Waals surface area contributed by atoms with Crippen molar-refractivity contribution in [3.05, 3.63) is 30.1 Å². The van der Waals surface area contributed by atoms with Gasteiger partial charge >= 0.3 is 5.97 Å². The molecule has 0 bridgehead atoms. The van der Waals surface area contributed by atoms with Crippen LogP contribution in [0.25, 0.3) is 0 Å². The summed E-state index contributed by atoms with van der Waals surface area (Å²) in [6.45, 7) is 1.92. The van der Waals surface area contributed by atoms with Gasteiger partial charge in [-0.25, -0.2) is 0 Å². The quantitative estimate of drug-likeness (QED) is 0.683. The molecule has 2 atom stereocenters. The van der Waals surface area contributed by atoms with Crippen LogP contribution >= 0.6 is 0 Å². The van der Waals surface area contributed by atoms with Crippen molar-refractivity contribution in [2.75, 3.05) is 6.61 Å². The summed E-state index contributed by atoms with van der Waals surface area (Å²) < 4.78 is 4.70. The Morgan fingerprint density at radius 3 is 3.00 bits per heavy atom. The highest BCUT2D eigenvalue weighted by molar-refractivity contribution is 5.76. The molecule has 0 spiro atoms. The van der Waals surface area contributed by atoms with Gasteiger partial charge in [-0.3, -0.25) is 9.78 Å². The maximum Gasteiger partial charge on any atom is 0.325 e. The molecule has 1 rings (SSSR count). The molecule has 0 saturated carbocycles. The summed E-state index contributed by atoms with van der Waals surface area (Å²) in [4.78, 5) is 15.1. The third-order valence-electron chi connectivity index (χ3n) is 1.92. The van der Waals surface area contributed by atoms with E-state index in [1.54, 1.807) is 25.3 Å². The fourth-order valence-electron chi connectivity index (χ4n) is 1.13. The van der Waals surface area contributed by atoms with Crippen LogP contribution in [-0.2, 0) is 9.53 Å². The monoisotopic (exact) mass is 210 g/mol. The van der Waals surface area contributed by atoms with E-state index in [9.17, 15) is 9.90 Å². The van der Waals surface area contributed by atoms with E-state index in [4.69, 9.17) is 10.5 Å². The molecule has 1 heterocycles. The lowest BCUT2D eigenvalue weighted by molar-refractivity contribution is -0.147. The van der Waals surface area contributed by atoms with Crippen LogP contribution in [0.1, 0.15) is 18.6 Å². The molecule has 0 aliphatic carbocycles. The number of esters is 1. The highest BCUT2D eigenvalue weighted by Gasteiger charge is 2.25. The summed E-state index contributed by atoms with van der Waals surface area (Å²) in [5, 5.41) is 9.72. The Labute approximate surface area is 87.9 Å². The number of pyridine rings is 1. The van der Waals surface area contributed by atoms with Crippen molar-refractivity contribution in [1.82, 2.24) is 4.98 Å². The number of rotatable bonds is 4. The highest BCUT2D eigenvalue weighted by Crippen LogP contribution is 2.14. The molecule has 5 heteroatoms. The van der Waals surface area contributed by atoms with Gasteiger partial charge in [-0.15, -0.1) is 0 Å². The number of aliphatic hydroxyl groups excluding tert-OH is 1. The Morgan fingerprint density at radius 1 is 1.73 bits per heavy atom. The van der Waals surface area contributed by atoms with E-state index >= 15 is 0 Å². The lowest BCUT2D eigenvalue weighted by Gasteiger charge is -2.16. The summed E-state index contributed by atoms with van der Waals surface area (Å²) in [6.07, 6.45) is 1.95. The van der Waals surface area contributed by atoms with E-state index in [-0.39, 0.29) is 6.61 Å². The number of nitrogens with zero attached hydrogens (tertiary/aromatic N) is 1. The molecule has 0 aromatic carbocycles. The third-order valence-corrected chi connectivity index (χ3v) is 1.92. The van der Waals surface area contributed by atoms with E-state index in [1.165, 1.54) is 6.20 Å². The maximum absolute atomic E-state index is 11.2. The van der Waals surface area contributed by atoms with Crippen molar-refractivity contribution < 1.29 is 14.6 Å². The number of hydrogen-bond donors (Lipinski definition) is 2. The second-order valence-electron chi connectivity index (χ2n) is 3.01. The fourth-order valence-corrected chi connectivity index (χ4v) is 1.13. The van der Waals surface area contributed by atoms with E-state index in [1.807, 2.05) is 0 Å². The van der Waals surface area contributed by atoms with Gasteiger partial charge < -0.3 is 15.6 Å². The first-order valence-corrected chi connectivity index (χ1v) is 4.67. The Bertz CT molecular complexity index is 316. The van der Waals surface area contributed by atoms with Crippen molar-refractivity contribution in [2.24, 2.45) is 5.73 Å². The van der Waals surface area contributed by atoms with Gasteiger partial charge in [0, 0.05) is 18.0 Å². The van der Waals surface area contributed by atoms with E-state index in [0.29, 0.717) is 5.56 Å². The summed E-state index contributed by atoms with van der Waals surface area (Å²) in [6, 6.07) is 2.24. The second-order valence-corrected chi connectivity index (χ2v) is 3.01. The minimum Gasteiger partial charge on any atom is -0.465 e. The number of aliphatic hydroxyl groups is 1. The van der Waals surface area contributed by atoms with Crippen molar-refractivity contribution >= 4 is 5.97 Å². The minimum atomic E-state index is -1.09. The first-order chi connectivity index (χ1) is 7.16. The maximum atomic E-state index is 11.2. The largest absolute Gasteiger partial charge is 0.465 e. The summed E-state index contributed by atoms with van der Waals surface area (Å²) in [7, 11) is 0. The van der Waals surface area contributed by atoms with Crippen molar-refractivity contribution in [1.29, 1.82) is 0 Å². The van der Waals surface area contributed by atoms with Gasteiger partial charge in [-0.2, -0.15) is 0 Å². The van der Waals surface area contributed by atoms with Gasteiger partial charge in [0.05, 0.1) is 6.61 Å². The first kappa shape index (κ1) is 11.6. The average Bonchev–Trinajstić information content (AvgIpc) is 2.28. The molecule has 0 unspecified atom stereocenters. The van der Waals surface area contributed by atoms with Crippen molar-refractivity contribution in [2.45, 2.75) is 19.1 Å². The van der Waals surface area contributed by atoms with E-state index in [2.05, 4.69) is 4.98 Å². The molecular weight excluding hydrogens is 196 g/mol. The molecule has 1 aromatic rings. The van der Waals surface area contributed by atoms with Crippen LogP contribution in [0.15, 0.2) is 24.5 Å². The predicted octanol–water partition coefficient (Wildman–Crippen LogP) is 0.00540. The zero-order chi connectivity index (χ0) is 11.3. The van der Waals surface area contributed by atoms with Crippen molar-refractivity contribution in [3.8, 4) is 0 Å². The van der Waals surface area contributed by atoms with Crippen LogP contribution < -0.4 is 5.73 Å². The van der Waals surface area contributed by atoms with Crippen LogP contribution in [0.2, 0.25) is 0 Å². The lowest BCUT2D eigenvalue weighted by atomic mass is 10.1. The summed E-state index contributed by atoms with van der Waals surface area (Å²) in [5.74, 6) is -0.617. The molecule has 82 valence electrons. The molecular formula is C10H14N2O3. The van der Waals surface area contributed by atoms with Gasteiger partial charge in [0.2, 0.25) is 0 Å². The summed E-state index contributed by atoms with van der Waals surface area (Å²) in [5.41, 5.74) is 6.02. The van der Waals surface area contributed by atoms with E-state index in [0.717, 1.165) is 0 Å². The van der Waals surface area contributed by atoms with Gasteiger partial charge in [0.15, 0.2) is 0 Å². The van der Waals surface area contributed by atoms with Crippen molar-refractivity contribution in [3.63, 3.8) is 0 Å². The molecule has 1 aromatic heterocycles. The minimum absolute atomic E-state index is 0.242. The molecule has 3 N–H and O–H groups in total. The molecule has 15 heavy (non-hydrogen) atoms. The Kier molecular flexibility index (Phi) is 4.20. The molecule has 0 aliphatic heterocycles. The zero-order valence-corrected chi connectivity index (χ0v) is 8.46. The van der Waals surface area contributed by atoms with Gasteiger partial charge in [0.1, 0.15) is 12.1 Å². The molecule has 0 amide bonds. The number of nitrogens with two attached hydrogens (primary N) is 1. The first-order valence-electron chi connectivity index (χ1n) is 4.67. The number of ether oxygens (including phenoxy) is 1. The zero-order valence-electron chi connectivity index (χ0n) is 8.46. The number of hydrogen-bond acceptors (Lipinski definition) is 5. The smallest absolute Gasteiger partial charge is 0.325 e. The number of aromatic nitrogens is 1. The van der Waals surface area contributed by atoms with Crippen LogP contribution in [0.3, 0.4) is 0 Å². The van der Waals surface area contributed by atoms with Crippen LogP contribution in [0, 0.1) is 0 Å². The average molecular weight is 210 g/mol. The predicted molar refractivity (Wildman–Crippen MR) is 53.8 cm³/mol. The molecule has 0 radical (unpaired) electrons. The topological polar surface area (TPSA) is 85.4 Å². The SMILES string of the molecule is CCOC(=O)[C@H](N)[C@@H](O)c1cccnc1. The fraction of sp³-hybridized carbons (Fsp3) is 0.400. The van der Waals surface area contributed by atoms with Crippen LogP contribution in [0.4, 0.5) is 0 Å². The Balaban J connectivity index is 2.68. The Hall–Kier alpha value is -1.46. The summed E-state index contributed by atoms with van der Waals surface area (Å²) >= 11 is 0. The van der Waals surface area contributed by atoms with E-state index < -0.39 is 18.1 Å². The van der Waals surface area contributed by atoms with Gasteiger partial charge in [0.25, 0.3) is 0 Å². The lowest BCUT2D eigenvalue weighted by Crippen LogP contribution is -2.38. The number of carbonyl (C=O) groups excluding carboxylic acids is 1. The normalized spacial score (nSPS) is 14.3. The molecule has 0 saturated heterocycles. The highest BCUT2D eigenvalue weighted by atomic mass is 16.5. The van der Waals surface area contributed by atoms with Crippen LogP contribution in [-0.4, -0.2) is 28.7 Å². The second kappa shape index (κ2) is 5.43. The standard InChI is InChI=1S/C10H14N2O3/c1-2-15-10(14)8(11)9(13)7-4-3-5-12-6-7/h3-6,8-9,13H,2,11H2,1H3/t8-,9+/m1/s1.